The number of rotatable bonds is 10. The zero-order chi connectivity index (χ0) is 25.6. The van der Waals surface area contributed by atoms with Crippen LogP contribution in [0.4, 0.5) is 0 Å². The van der Waals surface area contributed by atoms with Gasteiger partial charge in [-0.25, -0.2) is 8.42 Å². The number of ether oxygens (including phenoxy) is 1. The predicted molar refractivity (Wildman–Crippen MR) is 137 cm³/mol. The lowest BCUT2D eigenvalue weighted by molar-refractivity contribution is -0.143. The Morgan fingerprint density at radius 3 is 2.37 bits per heavy atom. The van der Waals surface area contributed by atoms with Gasteiger partial charge in [-0.3, -0.25) is 9.59 Å². The van der Waals surface area contributed by atoms with E-state index in [4.69, 9.17) is 4.74 Å². The van der Waals surface area contributed by atoms with E-state index in [-0.39, 0.29) is 36.7 Å². The van der Waals surface area contributed by atoms with Crippen LogP contribution in [0.5, 0.6) is 0 Å². The van der Waals surface area contributed by atoms with Crippen molar-refractivity contribution in [2.75, 3.05) is 19.7 Å². The predicted octanol–water partition coefficient (Wildman–Crippen LogP) is 3.68. The number of aryl methyl sites for hydroxylation is 1. The second-order valence-electron chi connectivity index (χ2n) is 7.59. The molecule has 8 nitrogen and oxygen atoms in total. The molecule has 0 unspecified atom stereocenters. The van der Waals surface area contributed by atoms with Gasteiger partial charge in [-0.05, 0) is 55.8 Å². The third-order valence-electron chi connectivity index (χ3n) is 5.03. The zero-order valence-corrected chi connectivity index (χ0v) is 21.3. The fourth-order valence-electron chi connectivity index (χ4n) is 3.38. The molecule has 0 fully saturated rings. The van der Waals surface area contributed by atoms with Crippen LogP contribution in [0.1, 0.15) is 22.8 Å². The van der Waals surface area contributed by atoms with Crippen molar-refractivity contribution in [1.29, 1.82) is 0 Å². The standard InChI is InChI=1S/C25H27N3O5S2/c1-5-14-27(15-6-2)35(31,32)20-11-9-19(10-12-20)24(30)26-25-28(17-23(29)33-7-3)21-13-8-18(4)16-22(21)34-25/h5-6,8-13,16H,1-2,7,14-15,17H2,3-4H3. The lowest BCUT2D eigenvalue weighted by Gasteiger charge is -2.19. The molecule has 184 valence electrons. The highest BCUT2D eigenvalue weighted by Crippen LogP contribution is 2.20. The molecule has 1 amide bonds. The van der Waals surface area contributed by atoms with Crippen molar-refractivity contribution in [2.24, 2.45) is 4.99 Å². The third kappa shape index (κ3) is 6.02. The Bertz CT molecular complexity index is 1420. The molecule has 0 spiro atoms. The summed E-state index contributed by atoms with van der Waals surface area (Å²) in [7, 11) is -3.78. The van der Waals surface area contributed by atoms with Gasteiger partial charge in [0.05, 0.1) is 21.7 Å². The lowest BCUT2D eigenvalue weighted by Crippen LogP contribution is -2.31. The first-order chi connectivity index (χ1) is 16.7. The molecule has 3 aromatic rings. The number of benzene rings is 2. The van der Waals surface area contributed by atoms with Crippen LogP contribution in [0.15, 0.2) is 77.7 Å². The summed E-state index contributed by atoms with van der Waals surface area (Å²) in [5, 5.41) is 0. The Hall–Kier alpha value is -3.34. The zero-order valence-electron chi connectivity index (χ0n) is 19.6. The van der Waals surface area contributed by atoms with Gasteiger partial charge >= 0.3 is 5.97 Å². The normalized spacial score (nSPS) is 12.1. The van der Waals surface area contributed by atoms with Gasteiger partial charge in [0.1, 0.15) is 6.54 Å². The van der Waals surface area contributed by atoms with Crippen LogP contribution in [0.3, 0.4) is 0 Å². The number of hydrogen-bond donors (Lipinski definition) is 0. The minimum absolute atomic E-state index is 0.0486. The fourth-order valence-corrected chi connectivity index (χ4v) is 5.89. The summed E-state index contributed by atoms with van der Waals surface area (Å²) in [6.45, 7) is 11.3. The molecule has 1 heterocycles. The van der Waals surface area contributed by atoms with Crippen molar-refractivity contribution in [3.63, 3.8) is 0 Å². The summed E-state index contributed by atoms with van der Waals surface area (Å²) in [5.74, 6) is -0.983. The van der Waals surface area contributed by atoms with E-state index in [9.17, 15) is 18.0 Å². The molecular formula is C25H27N3O5S2. The Kier molecular flexibility index (Phi) is 8.55. The van der Waals surface area contributed by atoms with E-state index in [0.717, 1.165) is 15.8 Å². The molecule has 0 aliphatic rings. The molecule has 2 aromatic carbocycles. The summed E-state index contributed by atoms with van der Waals surface area (Å²) in [6, 6.07) is 11.3. The number of sulfonamides is 1. The number of carbonyl (C=O) groups is 2. The van der Waals surface area contributed by atoms with Gasteiger partial charge in [-0.1, -0.05) is 29.6 Å². The Labute approximate surface area is 208 Å². The second-order valence-corrected chi connectivity index (χ2v) is 10.5. The first-order valence-electron chi connectivity index (χ1n) is 10.9. The molecule has 0 aliphatic carbocycles. The van der Waals surface area contributed by atoms with Gasteiger partial charge in [-0.15, -0.1) is 13.2 Å². The van der Waals surface area contributed by atoms with E-state index in [2.05, 4.69) is 18.2 Å². The molecule has 0 radical (unpaired) electrons. The average Bonchev–Trinajstić information content (AvgIpc) is 3.14. The summed E-state index contributed by atoms with van der Waals surface area (Å²) >= 11 is 1.29. The summed E-state index contributed by atoms with van der Waals surface area (Å²) < 4.78 is 34.6. The van der Waals surface area contributed by atoms with Crippen LogP contribution in [0.25, 0.3) is 10.2 Å². The molecule has 0 N–H and O–H groups in total. The van der Waals surface area contributed by atoms with Gasteiger partial charge < -0.3 is 9.30 Å². The molecule has 0 aliphatic heterocycles. The highest BCUT2D eigenvalue weighted by Gasteiger charge is 2.22. The van der Waals surface area contributed by atoms with Crippen molar-refractivity contribution in [2.45, 2.75) is 25.3 Å². The summed E-state index contributed by atoms with van der Waals surface area (Å²) in [5.41, 5.74) is 2.03. The SMILES string of the molecule is C=CCN(CC=C)S(=O)(=O)c1ccc(C(=O)N=c2sc3cc(C)ccc3n2CC(=O)OCC)cc1. The van der Waals surface area contributed by atoms with Gasteiger partial charge in [0.2, 0.25) is 10.0 Å². The minimum atomic E-state index is -3.78. The van der Waals surface area contributed by atoms with Crippen LogP contribution < -0.4 is 4.80 Å². The molecular weight excluding hydrogens is 486 g/mol. The molecule has 0 saturated carbocycles. The highest BCUT2D eigenvalue weighted by atomic mass is 32.2. The monoisotopic (exact) mass is 513 g/mol. The molecule has 0 atom stereocenters. The third-order valence-corrected chi connectivity index (χ3v) is 7.92. The minimum Gasteiger partial charge on any atom is -0.465 e. The maximum atomic E-state index is 12.9. The number of carbonyl (C=O) groups excluding carboxylic acids is 2. The first-order valence-corrected chi connectivity index (χ1v) is 13.1. The van der Waals surface area contributed by atoms with Crippen molar-refractivity contribution in [3.8, 4) is 0 Å². The molecule has 0 saturated heterocycles. The Morgan fingerprint density at radius 1 is 1.11 bits per heavy atom. The van der Waals surface area contributed by atoms with Crippen LogP contribution >= 0.6 is 11.3 Å². The molecule has 1 aromatic heterocycles. The van der Waals surface area contributed by atoms with E-state index >= 15 is 0 Å². The number of esters is 1. The largest absolute Gasteiger partial charge is 0.465 e. The van der Waals surface area contributed by atoms with Crippen LogP contribution in [-0.4, -0.2) is 48.9 Å². The van der Waals surface area contributed by atoms with Crippen molar-refractivity contribution >= 4 is 43.5 Å². The van der Waals surface area contributed by atoms with Crippen molar-refractivity contribution in [1.82, 2.24) is 8.87 Å². The Balaban J connectivity index is 1.98. The summed E-state index contributed by atoms with van der Waals surface area (Å²) in [4.78, 5) is 29.8. The number of aromatic nitrogens is 1. The maximum absolute atomic E-state index is 12.9. The van der Waals surface area contributed by atoms with Crippen molar-refractivity contribution < 1.29 is 22.7 Å². The number of thiazole rings is 1. The topological polar surface area (TPSA) is 98.0 Å². The fraction of sp³-hybridized carbons (Fsp3) is 0.240. The number of fused-ring (bicyclic) bond motifs is 1. The van der Waals surface area contributed by atoms with Gasteiger partial charge in [0.15, 0.2) is 4.80 Å². The quantitative estimate of drug-likeness (QED) is 0.304. The van der Waals surface area contributed by atoms with Crippen LogP contribution in [0, 0.1) is 6.92 Å². The molecule has 35 heavy (non-hydrogen) atoms. The highest BCUT2D eigenvalue weighted by molar-refractivity contribution is 7.89. The first kappa shape index (κ1) is 26.3. The smallest absolute Gasteiger partial charge is 0.326 e. The average molecular weight is 514 g/mol. The second kappa shape index (κ2) is 11.4. The van der Waals surface area contributed by atoms with Gasteiger partial charge in [0.25, 0.3) is 5.91 Å². The number of nitrogens with zero attached hydrogens (tertiary/aromatic N) is 3. The van der Waals surface area contributed by atoms with Crippen LogP contribution in [-0.2, 0) is 26.1 Å². The number of hydrogen-bond acceptors (Lipinski definition) is 6. The lowest BCUT2D eigenvalue weighted by atomic mass is 10.2. The van der Waals surface area contributed by atoms with Crippen LogP contribution in [0.2, 0.25) is 0 Å². The molecule has 3 rings (SSSR count). The van der Waals surface area contributed by atoms with E-state index in [1.165, 1.54) is 52.1 Å². The molecule has 0 bridgehead atoms. The maximum Gasteiger partial charge on any atom is 0.326 e. The van der Waals surface area contributed by atoms with E-state index < -0.39 is 21.9 Å². The molecule has 10 heteroatoms. The van der Waals surface area contributed by atoms with Crippen molar-refractivity contribution in [3.05, 3.63) is 83.7 Å². The van der Waals surface area contributed by atoms with Gasteiger partial charge in [-0.2, -0.15) is 9.30 Å². The number of amides is 1. The Morgan fingerprint density at radius 2 is 1.77 bits per heavy atom. The van der Waals surface area contributed by atoms with Gasteiger partial charge in [0, 0.05) is 18.7 Å². The van der Waals surface area contributed by atoms with E-state index in [0.29, 0.717) is 4.80 Å². The van der Waals surface area contributed by atoms with E-state index in [1.54, 1.807) is 11.5 Å². The summed E-state index contributed by atoms with van der Waals surface area (Å²) in [6.07, 6.45) is 2.99. The van der Waals surface area contributed by atoms with E-state index in [1.807, 2.05) is 25.1 Å².